The van der Waals surface area contributed by atoms with Crippen molar-refractivity contribution in [2.75, 3.05) is 5.73 Å². The van der Waals surface area contributed by atoms with Crippen LogP contribution in [0.3, 0.4) is 0 Å². The van der Waals surface area contributed by atoms with Crippen molar-refractivity contribution in [1.29, 1.82) is 5.26 Å². The molecule has 0 radical (unpaired) electrons. The molecule has 3 N–H and O–H groups in total. The molecular formula is C15H14N4O. The molecule has 5 heteroatoms. The highest BCUT2D eigenvalue weighted by atomic mass is 16.1. The SMILES string of the molecule is CC(NC(=O)c1ccc(C#N)cn1)c1cccc(N)c1. The number of carbonyl (C=O) groups excluding carboxylic acids is 1. The molecule has 1 heterocycles. The normalized spacial score (nSPS) is 11.4. The van der Waals surface area contributed by atoms with Crippen molar-refractivity contribution in [3.05, 3.63) is 59.4 Å². The van der Waals surface area contributed by atoms with Crippen molar-refractivity contribution in [1.82, 2.24) is 10.3 Å². The van der Waals surface area contributed by atoms with E-state index in [0.29, 0.717) is 11.3 Å². The summed E-state index contributed by atoms with van der Waals surface area (Å²) in [5.74, 6) is -0.288. The highest BCUT2D eigenvalue weighted by molar-refractivity contribution is 5.92. The Bertz CT molecular complexity index is 658. The summed E-state index contributed by atoms with van der Waals surface area (Å²) in [5.41, 5.74) is 7.99. The summed E-state index contributed by atoms with van der Waals surface area (Å²) in [5, 5.41) is 11.5. The summed E-state index contributed by atoms with van der Waals surface area (Å²) in [6, 6.07) is 12.2. The maximum atomic E-state index is 12.0. The number of pyridine rings is 1. The maximum absolute atomic E-state index is 12.0. The van der Waals surface area contributed by atoms with Crippen LogP contribution in [0.4, 0.5) is 5.69 Å². The second-order valence-electron chi connectivity index (χ2n) is 4.41. The Morgan fingerprint density at radius 1 is 1.40 bits per heavy atom. The van der Waals surface area contributed by atoms with Gasteiger partial charge in [0.05, 0.1) is 11.6 Å². The number of amides is 1. The molecule has 1 amide bonds. The maximum Gasteiger partial charge on any atom is 0.270 e. The Hall–Kier alpha value is -2.87. The highest BCUT2D eigenvalue weighted by Crippen LogP contribution is 2.15. The van der Waals surface area contributed by atoms with Crippen molar-refractivity contribution < 1.29 is 4.79 Å². The zero-order chi connectivity index (χ0) is 14.5. The Morgan fingerprint density at radius 3 is 2.80 bits per heavy atom. The van der Waals surface area contributed by atoms with Crippen LogP contribution in [-0.4, -0.2) is 10.9 Å². The number of anilines is 1. The van der Waals surface area contributed by atoms with E-state index < -0.39 is 0 Å². The third-order valence-corrected chi connectivity index (χ3v) is 2.88. The second kappa shape index (κ2) is 5.85. The molecule has 0 saturated carbocycles. The predicted molar refractivity (Wildman–Crippen MR) is 75.7 cm³/mol. The van der Waals surface area contributed by atoms with Crippen LogP contribution in [-0.2, 0) is 0 Å². The minimum atomic E-state index is -0.288. The summed E-state index contributed by atoms with van der Waals surface area (Å²) in [4.78, 5) is 16.0. The highest BCUT2D eigenvalue weighted by Gasteiger charge is 2.12. The van der Waals surface area contributed by atoms with Gasteiger partial charge in [0.15, 0.2) is 0 Å². The van der Waals surface area contributed by atoms with E-state index in [1.54, 1.807) is 12.1 Å². The van der Waals surface area contributed by atoms with E-state index >= 15 is 0 Å². The minimum Gasteiger partial charge on any atom is -0.399 e. The van der Waals surface area contributed by atoms with Gasteiger partial charge in [-0.3, -0.25) is 4.79 Å². The van der Waals surface area contributed by atoms with Crippen molar-refractivity contribution in [3.8, 4) is 6.07 Å². The summed E-state index contributed by atoms with van der Waals surface area (Å²) in [6.45, 7) is 1.87. The van der Waals surface area contributed by atoms with E-state index in [4.69, 9.17) is 11.0 Å². The fraction of sp³-hybridized carbons (Fsp3) is 0.133. The number of nitrogen functional groups attached to an aromatic ring is 1. The number of nitrogens with two attached hydrogens (primary N) is 1. The van der Waals surface area contributed by atoms with Gasteiger partial charge in [-0.05, 0) is 36.8 Å². The molecule has 0 spiro atoms. The number of rotatable bonds is 3. The molecule has 2 rings (SSSR count). The molecule has 5 nitrogen and oxygen atoms in total. The van der Waals surface area contributed by atoms with Crippen LogP contribution in [0.25, 0.3) is 0 Å². The van der Waals surface area contributed by atoms with E-state index in [2.05, 4.69) is 10.3 Å². The van der Waals surface area contributed by atoms with Crippen LogP contribution in [0.5, 0.6) is 0 Å². The molecule has 0 fully saturated rings. The topological polar surface area (TPSA) is 91.8 Å². The third kappa shape index (κ3) is 3.12. The lowest BCUT2D eigenvalue weighted by Gasteiger charge is -2.14. The van der Waals surface area contributed by atoms with E-state index in [1.807, 2.05) is 31.2 Å². The lowest BCUT2D eigenvalue weighted by atomic mass is 10.1. The molecule has 20 heavy (non-hydrogen) atoms. The summed E-state index contributed by atoms with van der Waals surface area (Å²) >= 11 is 0. The lowest BCUT2D eigenvalue weighted by molar-refractivity contribution is 0.0935. The molecule has 0 aliphatic rings. The van der Waals surface area contributed by atoms with E-state index in [1.165, 1.54) is 12.3 Å². The Morgan fingerprint density at radius 2 is 2.20 bits per heavy atom. The molecule has 0 saturated heterocycles. The number of aromatic nitrogens is 1. The molecule has 0 aliphatic heterocycles. The first-order valence-corrected chi connectivity index (χ1v) is 6.12. The molecule has 0 aliphatic carbocycles. The van der Waals surface area contributed by atoms with E-state index in [-0.39, 0.29) is 17.6 Å². The van der Waals surface area contributed by atoms with E-state index in [9.17, 15) is 4.79 Å². The molecule has 2 aromatic rings. The largest absolute Gasteiger partial charge is 0.399 e. The van der Waals surface area contributed by atoms with Gasteiger partial charge in [-0.25, -0.2) is 4.98 Å². The molecule has 1 unspecified atom stereocenters. The predicted octanol–water partition coefficient (Wildman–Crippen LogP) is 2.03. The number of benzene rings is 1. The Balaban J connectivity index is 2.09. The van der Waals surface area contributed by atoms with Crippen molar-refractivity contribution in [2.45, 2.75) is 13.0 Å². The zero-order valence-corrected chi connectivity index (χ0v) is 11.0. The minimum absolute atomic E-state index is 0.177. The molecule has 1 atom stereocenters. The zero-order valence-electron chi connectivity index (χ0n) is 11.0. The molecular weight excluding hydrogens is 252 g/mol. The third-order valence-electron chi connectivity index (χ3n) is 2.88. The number of hydrogen-bond acceptors (Lipinski definition) is 4. The van der Waals surface area contributed by atoms with Gasteiger partial charge in [-0.1, -0.05) is 12.1 Å². The van der Waals surface area contributed by atoms with Crippen LogP contribution in [0.1, 0.15) is 34.6 Å². The smallest absolute Gasteiger partial charge is 0.270 e. The first kappa shape index (κ1) is 13.6. The standard InChI is InChI=1S/C15H14N4O/c1-10(12-3-2-4-13(17)7-12)19-15(20)14-6-5-11(8-16)9-18-14/h2-7,9-10H,17H2,1H3,(H,19,20). The van der Waals surface area contributed by atoms with Crippen LogP contribution in [0.2, 0.25) is 0 Å². The fourth-order valence-electron chi connectivity index (χ4n) is 1.78. The number of carbonyl (C=O) groups is 1. The van der Waals surface area contributed by atoms with Crippen LogP contribution < -0.4 is 11.1 Å². The van der Waals surface area contributed by atoms with Gasteiger partial charge >= 0.3 is 0 Å². The quantitative estimate of drug-likeness (QED) is 0.831. The first-order valence-electron chi connectivity index (χ1n) is 6.12. The summed E-state index contributed by atoms with van der Waals surface area (Å²) < 4.78 is 0. The lowest BCUT2D eigenvalue weighted by Crippen LogP contribution is -2.27. The fourth-order valence-corrected chi connectivity index (χ4v) is 1.78. The van der Waals surface area contributed by atoms with Gasteiger partial charge < -0.3 is 11.1 Å². The molecule has 100 valence electrons. The average molecular weight is 266 g/mol. The number of nitriles is 1. The van der Waals surface area contributed by atoms with Crippen molar-refractivity contribution in [3.63, 3.8) is 0 Å². The number of nitrogens with zero attached hydrogens (tertiary/aromatic N) is 2. The van der Waals surface area contributed by atoms with Crippen LogP contribution in [0.15, 0.2) is 42.6 Å². The van der Waals surface area contributed by atoms with Gasteiger partial charge in [0, 0.05) is 11.9 Å². The number of hydrogen-bond donors (Lipinski definition) is 2. The van der Waals surface area contributed by atoms with Gasteiger partial charge in [-0.2, -0.15) is 5.26 Å². The summed E-state index contributed by atoms with van der Waals surface area (Å²) in [7, 11) is 0. The van der Waals surface area contributed by atoms with Gasteiger partial charge in [0.2, 0.25) is 0 Å². The molecule has 0 bridgehead atoms. The van der Waals surface area contributed by atoms with Gasteiger partial charge in [0.25, 0.3) is 5.91 Å². The van der Waals surface area contributed by atoms with Gasteiger partial charge in [-0.15, -0.1) is 0 Å². The summed E-state index contributed by atoms with van der Waals surface area (Å²) in [6.07, 6.45) is 1.38. The first-order chi connectivity index (χ1) is 9.60. The van der Waals surface area contributed by atoms with Crippen LogP contribution in [0, 0.1) is 11.3 Å². The number of nitrogens with one attached hydrogen (secondary N) is 1. The van der Waals surface area contributed by atoms with Crippen molar-refractivity contribution in [2.24, 2.45) is 0 Å². The average Bonchev–Trinajstić information content (AvgIpc) is 2.47. The Kier molecular flexibility index (Phi) is 3.96. The monoisotopic (exact) mass is 266 g/mol. The molecule has 1 aromatic heterocycles. The van der Waals surface area contributed by atoms with E-state index in [0.717, 1.165) is 5.56 Å². The van der Waals surface area contributed by atoms with Crippen LogP contribution >= 0.6 is 0 Å². The van der Waals surface area contributed by atoms with Gasteiger partial charge in [0.1, 0.15) is 11.8 Å². The second-order valence-corrected chi connectivity index (χ2v) is 4.41. The van der Waals surface area contributed by atoms with Crippen molar-refractivity contribution >= 4 is 11.6 Å². The molecule has 1 aromatic carbocycles. The Labute approximate surface area is 117 Å².